The molecule has 1 aromatic carbocycles. The van der Waals surface area contributed by atoms with Crippen LogP contribution in [-0.4, -0.2) is 58.3 Å². The molecule has 0 saturated carbocycles. The zero-order valence-electron chi connectivity index (χ0n) is 16.4. The van der Waals surface area contributed by atoms with Crippen LogP contribution in [0.15, 0.2) is 42.2 Å². The van der Waals surface area contributed by atoms with Crippen molar-refractivity contribution < 1.29 is 5.48 Å². The molecule has 2 aromatic rings. The number of hydrogen-bond acceptors (Lipinski definition) is 3. The number of benzene rings is 1. The number of hydrogen-bond donors (Lipinski definition) is 2. The molecule has 4 rings (SSSR count). The predicted octanol–water partition coefficient (Wildman–Crippen LogP) is 1.61. The van der Waals surface area contributed by atoms with E-state index in [4.69, 9.17) is 17.2 Å². The summed E-state index contributed by atoms with van der Waals surface area (Å²) in [5.74, 6) is 1.14. The lowest BCUT2D eigenvalue weighted by molar-refractivity contribution is 0.261. The second-order valence-corrected chi connectivity index (χ2v) is 7.59. The smallest absolute Gasteiger partial charge is 0.166 e. The van der Waals surface area contributed by atoms with Crippen molar-refractivity contribution in [3.63, 3.8) is 0 Å². The van der Waals surface area contributed by atoms with Gasteiger partial charge in [-0.3, -0.25) is 0 Å². The van der Waals surface area contributed by atoms with E-state index in [-0.39, 0.29) is 5.48 Å². The molecule has 1 aromatic heterocycles. The highest BCUT2D eigenvalue weighted by Crippen LogP contribution is 2.35. The van der Waals surface area contributed by atoms with Crippen LogP contribution in [0.25, 0.3) is 5.57 Å². The summed E-state index contributed by atoms with van der Waals surface area (Å²) in [6.07, 6.45) is 7.34. The molecule has 0 aliphatic carbocycles. The molecule has 1 fully saturated rings. The maximum atomic E-state index is 5.15. The topological polar surface area (TPSA) is 76.6 Å². The molecule has 2 aliphatic heterocycles. The van der Waals surface area contributed by atoms with Crippen LogP contribution in [0, 0.1) is 0 Å². The number of fused-ring (bicyclic) bond motifs is 2. The van der Waals surface area contributed by atoms with Crippen LogP contribution in [0.3, 0.4) is 0 Å². The predicted molar refractivity (Wildman–Crippen MR) is 117 cm³/mol. The summed E-state index contributed by atoms with van der Waals surface area (Å²) in [4.78, 5) is 7.25. The monoisotopic (exact) mass is 399 g/mol. The zero-order chi connectivity index (χ0) is 18.6. The van der Waals surface area contributed by atoms with Crippen molar-refractivity contribution in [2.45, 2.75) is 25.8 Å². The lowest BCUT2D eigenvalue weighted by Crippen LogP contribution is -2.40. The molecular weight excluding hydrogens is 370 g/mol. The standard InChI is InChI=1S/C21H27N5S.H2O/c1-22-21(27)24-9-14-25-11-6-17(7-12-25)19-18-5-3-2-4-16(18)8-13-26-15-10-23-20(19)26;/h2-5,10,15H,6-9,11-14H2,1H3,(H2,22,24,27);1H2. The first-order valence-electron chi connectivity index (χ1n) is 9.76. The van der Waals surface area contributed by atoms with Crippen molar-refractivity contribution in [3.8, 4) is 0 Å². The number of nitrogens with one attached hydrogen (secondary N) is 2. The molecule has 7 heteroatoms. The second kappa shape index (κ2) is 9.32. The number of nitrogens with zero attached hydrogens (tertiary/aromatic N) is 3. The molecule has 150 valence electrons. The van der Waals surface area contributed by atoms with Gasteiger partial charge in [-0.25, -0.2) is 4.98 Å². The second-order valence-electron chi connectivity index (χ2n) is 7.18. The van der Waals surface area contributed by atoms with E-state index in [1.54, 1.807) is 5.57 Å². The minimum Gasteiger partial charge on any atom is -0.412 e. The fourth-order valence-electron chi connectivity index (χ4n) is 4.12. The quantitative estimate of drug-likeness (QED) is 0.767. The summed E-state index contributed by atoms with van der Waals surface area (Å²) >= 11 is 5.15. The third-order valence-electron chi connectivity index (χ3n) is 5.60. The van der Waals surface area contributed by atoms with Crippen molar-refractivity contribution in [2.24, 2.45) is 0 Å². The van der Waals surface area contributed by atoms with Gasteiger partial charge in [0, 0.05) is 57.7 Å². The van der Waals surface area contributed by atoms with Gasteiger partial charge in [0.2, 0.25) is 0 Å². The molecule has 0 spiro atoms. The Kier molecular flexibility index (Phi) is 6.83. The average molecular weight is 400 g/mol. The first-order valence-corrected chi connectivity index (χ1v) is 10.2. The van der Waals surface area contributed by atoms with Gasteiger partial charge in [-0.2, -0.15) is 0 Å². The van der Waals surface area contributed by atoms with Crippen molar-refractivity contribution in [2.75, 3.05) is 33.2 Å². The molecule has 6 nitrogen and oxygen atoms in total. The van der Waals surface area contributed by atoms with Gasteiger partial charge in [0.15, 0.2) is 5.11 Å². The van der Waals surface area contributed by atoms with E-state index in [1.165, 1.54) is 16.7 Å². The molecule has 2 aliphatic rings. The van der Waals surface area contributed by atoms with E-state index < -0.39 is 0 Å². The largest absolute Gasteiger partial charge is 0.412 e. The Balaban J connectivity index is 0.00000225. The molecule has 0 radical (unpaired) electrons. The van der Waals surface area contributed by atoms with Crippen LogP contribution in [-0.2, 0) is 13.0 Å². The van der Waals surface area contributed by atoms with E-state index in [0.717, 1.165) is 62.9 Å². The summed E-state index contributed by atoms with van der Waals surface area (Å²) in [5.41, 5.74) is 5.75. The van der Waals surface area contributed by atoms with Gasteiger partial charge in [-0.05, 0) is 42.6 Å². The molecule has 0 bridgehead atoms. The summed E-state index contributed by atoms with van der Waals surface area (Å²) in [6.45, 7) is 5.10. The van der Waals surface area contributed by atoms with E-state index in [2.05, 4.69) is 50.6 Å². The normalized spacial score (nSPS) is 16.5. The molecule has 4 N–H and O–H groups in total. The SMILES string of the molecule is CNC(=S)NCCN1CCC(=C2c3ccccc3CCn3ccnc32)CC1.O. The molecule has 28 heavy (non-hydrogen) atoms. The Morgan fingerprint density at radius 1 is 1.14 bits per heavy atom. The van der Waals surface area contributed by atoms with Crippen molar-refractivity contribution >= 4 is 22.9 Å². The third-order valence-corrected chi connectivity index (χ3v) is 5.95. The fourth-order valence-corrected chi connectivity index (χ4v) is 4.22. The highest BCUT2D eigenvalue weighted by atomic mass is 32.1. The third kappa shape index (κ3) is 4.27. The lowest BCUT2D eigenvalue weighted by atomic mass is 9.90. The molecule has 0 amide bonds. The molecule has 0 unspecified atom stereocenters. The van der Waals surface area contributed by atoms with E-state index >= 15 is 0 Å². The van der Waals surface area contributed by atoms with E-state index in [1.807, 2.05) is 13.2 Å². The van der Waals surface area contributed by atoms with Crippen molar-refractivity contribution in [1.82, 2.24) is 25.1 Å². The van der Waals surface area contributed by atoms with Crippen molar-refractivity contribution in [3.05, 3.63) is 59.2 Å². The van der Waals surface area contributed by atoms with Crippen LogP contribution in [0.4, 0.5) is 0 Å². The molecular formula is C21H29N5OS. The zero-order valence-corrected chi connectivity index (χ0v) is 17.2. The van der Waals surface area contributed by atoms with Crippen LogP contribution >= 0.6 is 12.2 Å². The van der Waals surface area contributed by atoms with Gasteiger partial charge in [0.05, 0.1) is 0 Å². The Labute approximate surface area is 172 Å². The van der Waals surface area contributed by atoms with Gasteiger partial charge in [0.25, 0.3) is 0 Å². The van der Waals surface area contributed by atoms with Gasteiger partial charge in [-0.15, -0.1) is 0 Å². The summed E-state index contributed by atoms with van der Waals surface area (Å²) in [5, 5.41) is 6.92. The van der Waals surface area contributed by atoms with Gasteiger partial charge < -0.3 is 25.6 Å². The number of imidazole rings is 1. The van der Waals surface area contributed by atoms with Gasteiger partial charge in [0.1, 0.15) is 5.82 Å². The maximum absolute atomic E-state index is 5.15. The van der Waals surface area contributed by atoms with Crippen LogP contribution in [0.1, 0.15) is 29.8 Å². The summed E-state index contributed by atoms with van der Waals surface area (Å²) in [7, 11) is 1.85. The minimum atomic E-state index is 0. The Morgan fingerprint density at radius 3 is 2.71 bits per heavy atom. The summed E-state index contributed by atoms with van der Waals surface area (Å²) in [6, 6.07) is 8.86. The minimum absolute atomic E-state index is 0. The molecule has 0 atom stereocenters. The van der Waals surface area contributed by atoms with Crippen molar-refractivity contribution in [1.29, 1.82) is 0 Å². The number of aryl methyl sites for hydroxylation is 2. The Morgan fingerprint density at radius 2 is 1.93 bits per heavy atom. The van der Waals surface area contributed by atoms with Gasteiger partial charge >= 0.3 is 0 Å². The van der Waals surface area contributed by atoms with Crippen LogP contribution < -0.4 is 10.6 Å². The number of thiocarbonyl (C=S) groups is 1. The van der Waals surface area contributed by atoms with Crippen LogP contribution in [0.2, 0.25) is 0 Å². The van der Waals surface area contributed by atoms with Gasteiger partial charge in [-0.1, -0.05) is 29.8 Å². The average Bonchev–Trinajstić information content (AvgIpc) is 3.10. The van der Waals surface area contributed by atoms with Crippen LogP contribution in [0.5, 0.6) is 0 Å². The number of likely N-dealkylation sites (tertiary alicyclic amines) is 1. The van der Waals surface area contributed by atoms with E-state index in [0.29, 0.717) is 0 Å². The number of piperidine rings is 1. The summed E-state index contributed by atoms with van der Waals surface area (Å²) < 4.78 is 2.32. The lowest BCUT2D eigenvalue weighted by Gasteiger charge is -2.30. The highest BCUT2D eigenvalue weighted by molar-refractivity contribution is 7.80. The highest BCUT2D eigenvalue weighted by Gasteiger charge is 2.24. The number of rotatable bonds is 3. The number of aromatic nitrogens is 2. The maximum Gasteiger partial charge on any atom is 0.166 e. The Bertz CT molecular complexity index is 850. The Hall–Kier alpha value is -2.22. The first-order chi connectivity index (χ1) is 13.3. The molecule has 1 saturated heterocycles. The fraction of sp³-hybridized carbons (Fsp3) is 0.429. The van der Waals surface area contributed by atoms with E-state index in [9.17, 15) is 0 Å². The first kappa shape index (κ1) is 20.5. The molecule has 3 heterocycles.